The number of aryl methyl sites for hydroxylation is 1. The number of amides is 2. The minimum atomic E-state index is -0.106. The van der Waals surface area contributed by atoms with Crippen LogP contribution in [0.3, 0.4) is 0 Å². The van der Waals surface area contributed by atoms with E-state index in [2.05, 4.69) is 5.32 Å². The fraction of sp³-hybridized carbons (Fsp3) is 0.562. The Labute approximate surface area is 126 Å². The Morgan fingerprint density at radius 1 is 1.43 bits per heavy atom. The van der Waals surface area contributed by atoms with Gasteiger partial charge in [-0.2, -0.15) is 0 Å². The van der Waals surface area contributed by atoms with E-state index in [1.807, 2.05) is 32.2 Å². The number of hydrogen-bond acceptors (Lipinski definition) is 3. The number of anilines is 1. The lowest BCUT2D eigenvalue weighted by Gasteiger charge is -2.27. The van der Waals surface area contributed by atoms with E-state index in [0.29, 0.717) is 17.4 Å². The molecular formula is C16H24N2O3. The maximum absolute atomic E-state index is 12.3. The van der Waals surface area contributed by atoms with Crippen LogP contribution >= 0.6 is 0 Å². The first-order chi connectivity index (χ1) is 10.1. The molecule has 0 atom stereocenters. The summed E-state index contributed by atoms with van der Waals surface area (Å²) < 4.78 is 10.6. The Bertz CT molecular complexity index is 484. The van der Waals surface area contributed by atoms with Crippen LogP contribution < -0.4 is 10.1 Å². The van der Waals surface area contributed by atoms with Crippen molar-refractivity contribution in [2.75, 3.05) is 39.2 Å². The molecule has 0 bridgehead atoms. The summed E-state index contributed by atoms with van der Waals surface area (Å²) in [6, 6.07) is 5.63. The van der Waals surface area contributed by atoms with Crippen molar-refractivity contribution in [3.05, 3.63) is 23.8 Å². The lowest BCUT2D eigenvalue weighted by Crippen LogP contribution is -2.37. The van der Waals surface area contributed by atoms with Gasteiger partial charge in [-0.05, 0) is 43.4 Å². The van der Waals surface area contributed by atoms with Crippen LogP contribution in [0.4, 0.5) is 10.5 Å². The van der Waals surface area contributed by atoms with Gasteiger partial charge in [0.1, 0.15) is 5.75 Å². The Balaban J connectivity index is 1.95. The predicted octanol–water partition coefficient (Wildman–Crippen LogP) is 2.89. The molecular weight excluding hydrogens is 268 g/mol. The van der Waals surface area contributed by atoms with Gasteiger partial charge in [-0.15, -0.1) is 0 Å². The summed E-state index contributed by atoms with van der Waals surface area (Å²) in [6.45, 7) is 4.34. The third-order valence-corrected chi connectivity index (χ3v) is 3.82. The molecule has 0 spiro atoms. The van der Waals surface area contributed by atoms with Crippen molar-refractivity contribution < 1.29 is 14.3 Å². The number of methoxy groups -OCH3 is 1. The number of hydrogen-bond donors (Lipinski definition) is 1. The quantitative estimate of drug-likeness (QED) is 0.928. The van der Waals surface area contributed by atoms with Gasteiger partial charge < -0.3 is 19.7 Å². The van der Waals surface area contributed by atoms with Gasteiger partial charge in [-0.25, -0.2) is 4.79 Å². The lowest BCUT2D eigenvalue weighted by atomic mass is 10.00. The molecule has 21 heavy (non-hydrogen) atoms. The average Bonchev–Trinajstić information content (AvgIpc) is 2.48. The normalized spacial score (nSPS) is 15.6. The van der Waals surface area contributed by atoms with Crippen molar-refractivity contribution >= 4 is 11.7 Å². The van der Waals surface area contributed by atoms with Crippen molar-refractivity contribution in [2.24, 2.45) is 5.92 Å². The molecule has 1 aliphatic heterocycles. The third-order valence-electron chi connectivity index (χ3n) is 3.82. The number of benzene rings is 1. The van der Waals surface area contributed by atoms with E-state index in [1.54, 1.807) is 12.0 Å². The van der Waals surface area contributed by atoms with Crippen LogP contribution in [0.15, 0.2) is 18.2 Å². The van der Waals surface area contributed by atoms with Crippen LogP contribution in [0.5, 0.6) is 5.75 Å². The lowest BCUT2D eigenvalue weighted by molar-refractivity contribution is 0.0592. The second kappa shape index (κ2) is 7.31. The van der Waals surface area contributed by atoms with Crippen molar-refractivity contribution in [3.63, 3.8) is 0 Å². The van der Waals surface area contributed by atoms with Crippen molar-refractivity contribution in [2.45, 2.75) is 19.8 Å². The molecule has 2 rings (SSSR count). The van der Waals surface area contributed by atoms with E-state index >= 15 is 0 Å². The third kappa shape index (κ3) is 4.36. The van der Waals surface area contributed by atoms with Gasteiger partial charge in [-0.1, -0.05) is 6.07 Å². The number of nitrogens with one attached hydrogen (secondary N) is 1. The zero-order chi connectivity index (χ0) is 15.2. The Kier molecular flexibility index (Phi) is 5.44. The summed E-state index contributed by atoms with van der Waals surface area (Å²) in [5, 5.41) is 2.92. The van der Waals surface area contributed by atoms with E-state index < -0.39 is 0 Å². The first-order valence-electron chi connectivity index (χ1n) is 7.34. The standard InChI is InChI=1S/C16H24N2O3/c1-12-4-5-15(20-3)14(10-12)17-16(19)18(2)11-13-6-8-21-9-7-13/h4-5,10,13H,6-9,11H2,1-3H3,(H,17,19). The summed E-state index contributed by atoms with van der Waals surface area (Å²) in [6.07, 6.45) is 2.04. The first kappa shape index (κ1) is 15.6. The SMILES string of the molecule is COc1ccc(C)cc1NC(=O)N(C)CC1CCOCC1. The van der Waals surface area contributed by atoms with E-state index in [-0.39, 0.29) is 6.03 Å². The molecule has 1 heterocycles. The summed E-state index contributed by atoms with van der Waals surface area (Å²) in [5.74, 6) is 1.20. The van der Waals surface area contributed by atoms with Crippen molar-refractivity contribution in [1.29, 1.82) is 0 Å². The Morgan fingerprint density at radius 3 is 2.81 bits per heavy atom. The molecule has 0 aromatic heterocycles. The molecule has 1 saturated heterocycles. The minimum absolute atomic E-state index is 0.106. The molecule has 1 aliphatic rings. The van der Waals surface area contributed by atoms with Crippen molar-refractivity contribution in [3.8, 4) is 5.75 Å². The minimum Gasteiger partial charge on any atom is -0.495 e. The molecule has 1 N–H and O–H groups in total. The molecule has 1 aromatic carbocycles. The molecule has 0 radical (unpaired) electrons. The number of nitrogens with zero attached hydrogens (tertiary/aromatic N) is 1. The van der Waals surface area contributed by atoms with Gasteiger partial charge in [0.2, 0.25) is 0 Å². The highest BCUT2D eigenvalue weighted by Gasteiger charge is 2.19. The maximum atomic E-state index is 12.3. The monoisotopic (exact) mass is 292 g/mol. The van der Waals surface area contributed by atoms with E-state index in [4.69, 9.17) is 9.47 Å². The summed E-state index contributed by atoms with van der Waals surface area (Å²) in [4.78, 5) is 14.0. The number of ether oxygens (including phenoxy) is 2. The molecule has 5 heteroatoms. The molecule has 116 valence electrons. The zero-order valence-electron chi connectivity index (χ0n) is 13.0. The summed E-state index contributed by atoms with van der Waals surface area (Å²) in [7, 11) is 3.43. The largest absolute Gasteiger partial charge is 0.495 e. The molecule has 5 nitrogen and oxygen atoms in total. The summed E-state index contributed by atoms with van der Waals surface area (Å²) in [5.41, 5.74) is 1.79. The fourth-order valence-electron chi connectivity index (χ4n) is 2.53. The van der Waals surface area contributed by atoms with E-state index in [0.717, 1.165) is 38.2 Å². The predicted molar refractivity (Wildman–Crippen MR) is 82.9 cm³/mol. The highest BCUT2D eigenvalue weighted by Crippen LogP contribution is 2.25. The zero-order valence-corrected chi connectivity index (χ0v) is 13.0. The molecule has 1 aromatic rings. The number of rotatable bonds is 4. The smallest absolute Gasteiger partial charge is 0.321 e. The molecule has 2 amide bonds. The molecule has 0 saturated carbocycles. The van der Waals surface area contributed by atoms with Crippen LogP contribution in [0.1, 0.15) is 18.4 Å². The second-order valence-corrected chi connectivity index (χ2v) is 5.57. The van der Waals surface area contributed by atoms with E-state index in [9.17, 15) is 4.79 Å². The second-order valence-electron chi connectivity index (χ2n) is 5.57. The van der Waals surface area contributed by atoms with Crippen LogP contribution in [-0.4, -0.2) is 44.8 Å². The number of carbonyl (C=O) groups excluding carboxylic acids is 1. The van der Waals surface area contributed by atoms with Gasteiger partial charge >= 0.3 is 6.03 Å². The number of carbonyl (C=O) groups is 1. The number of urea groups is 1. The van der Waals surface area contributed by atoms with Gasteiger partial charge in [0, 0.05) is 26.8 Å². The van der Waals surface area contributed by atoms with Crippen LogP contribution in [0.25, 0.3) is 0 Å². The molecule has 1 fully saturated rings. The fourth-order valence-corrected chi connectivity index (χ4v) is 2.53. The highest BCUT2D eigenvalue weighted by molar-refractivity contribution is 5.91. The van der Waals surface area contributed by atoms with Gasteiger partial charge in [-0.3, -0.25) is 0 Å². The molecule has 0 aliphatic carbocycles. The van der Waals surface area contributed by atoms with Crippen LogP contribution in [0, 0.1) is 12.8 Å². The van der Waals surface area contributed by atoms with E-state index in [1.165, 1.54) is 0 Å². The maximum Gasteiger partial charge on any atom is 0.321 e. The van der Waals surface area contributed by atoms with Crippen LogP contribution in [-0.2, 0) is 4.74 Å². The molecule has 0 unspecified atom stereocenters. The Morgan fingerprint density at radius 2 is 2.14 bits per heavy atom. The highest BCUT2D eigenvalue weighted by atomic mass is 16.5. The van der Waals surface area contributed by atoms with Crippen LogP contribution in [0.2, 0.25) is 0 Å². The summed E-state index contributed by atoms with van der Waals surface area (Å²) >= 11 is 0. The van der Waals surface area contributed by atoms with Gasteiger partial charge in [0.25, 0.3) is 0 Å². The average molecular weight is 292 g/mol. The first-order valence-corrected chi connectivity index (χ1v) is 7.34. The topological polar surface area (TPSA) is 50.8 Å². The van der Waals surface area contributed by atoms with Crippen molar-refractivity contribution in [1.82, 2.24) is 4.90 Å². The van der Waals surface area contributed by atoms with Gasteiger partial charge in [0.05, 0.1) is 12.8 Å². The van der Waals surface area contributed by atoms with Gasteiger partial charge in [0.15, 0.2) is 0 Å². The Hall–Kier alpha value is -1.75.